The Kier molecular flexibility index (Phi) is 6.52. The maximum Gasteiger partial charge on any atom is 0.191 e. The second-order valence-electron chi connectivity index (χ2n) is 6.80. The fourth-order valence-corrected chi connectivity index (χ4v) is 4.55. The molecule has 152 valence electrons. The number of hydrogen-bond acceptors (Lipinski definition) is 5. The fraction of sp³-hybridized carbons (Fsp3) is 0.333. The van der Waals surface area contributed by atoms with E-state index in [1.165, 1.54) is 17.8 Å². The summed E-state index contributed by atoms with van der Waals surface area (Å²) in [5, 5.41) is 9.58. The second kappa shape index (κ2) is 9.28. The molecule has 8 heteroatoms. The van der Waals surface area contributed by atoms with Crippen LogP contribution in [0.1, 0.15) is 18.4 Å². The van der Waals surface area contributed by atoms with Crippen LogP contribution in [0.3, 0.4) is 0 Å². The van der Waals surface area contributed by atoms with Gasteiger partial charge in [-0.2, -0.15) is 0 Å². The summed E-state index contributed by atoms with van der Waals surface area (Å²) in [4.78, 5) is 0. The van der Waals surface area contributed by atoms with Crippen molar-refractivity contribution in [1.82, 2.24) is 14.8 Å². The average Bonchev–Trinajstić information content (AvgIpc) is 3.38. The average molecular weight is 478 g/mol. The number of benzene rings is 2. The molecule has 1 unspecified atom stereocenters. The Labute approximate surface area is 181 Å². The maximum absolute atomic E-state index is 14.2. The summed E-state index contributed by atoms with van der Waals surface area (Å²) in [6.45, 7) is 1.47. The van der Waals surface area contributed by atoms with Gasteiger partial charge in [-0.15, -0.1) is 10.2 Å². The minimum absolute atomic E-state index is 0.145. The van der Waals surface area contributed by atoms with E-state index in [9.17, 15) is 4.39 Å². The lowest BCUT2D eigenvalue weighted by Crippen LogP contribution is -2.16. The highest BCUT2D eigenvalue weighted by atomic mass is 79.9. The van der Waals surface area contributed by atoms with Gasteiger partial charge in [0.15, 0.2) is 11.0 Å². The Hall–Kier alpha value is -1.90. The molecule has 0 amide bonds. The molecule has 0 N–H and O–H groups in total. The van der Waals surface area contributed by atoms with Gasteiger partial charge in [0.25, 0.3) is 0 Å². The number of aromatic nitrogens is 3. The van der Waals surface area contributed by atoms with E-state index in [2.05, 4.69) is 30.7 Å². The molecule has 1 aromatic heterocycles. The van der Waals surface area contributed by atoms with Gasteiger partial charge in [-0.05, 0) is 54.8 Å². The first-order valence-electron chi connectivity index (χ1n) is 9.40. The molecule has 1 saturated heterocycles. The molecule has 1 atom stereocenters. The summed E-state index contributed by atoms with van der Waals surface area (Å²) < 4.78 is 28.1. The Bertz CT molecular complexity index is 975. The normalized spacial score (nSPS) is 16.3. The van der Waals surface area contributed by atoms with Gasteiger partial charge < -0.3 is 9.47 Å². The van der Waals surface area contributed by atoms with Crippen LogP contribution in [0, 0.1) is 5.82 Å². The smallest absolute Gasteiger partial charge is 0.191 e. The van der Waals surface area contributed by atoms with E-state index in [4.69, 9.17) is 9.47 Å². The highest BCUT2D eigenvalue weighted by Gasteiger charge is 2.22. The Morgan fingerprint density at radius 1 is 1.24 bits per heavy atom. The molecule has 3 aromatic rings. The molecule has 5 nitrogen and oxygen atoms in total. The number of halogens is 2. The molecule has 0 spiro atoms. The highest BCUT2D eigenvalue weighted by molar-refractivity contribution is 9.10. The van der Waals surface area contributed by atoms with Crippen molar-refractivity contribution in [2.24, 2.45) is 0 Å². The molecule has 1 aliphatic rings. The van der Waals surface area contributed by atoms with Gasteiger partial charge in [0.2, 0.25) is 0 Å². The molecule has 4 rings (SSSR count). The highest BCUT2D eigenvalue weighted by Crippen LogP contribution is 2.30. The van der Waals surface area contributed by atoms with Crippen molar-refractivity contribution in [3.8, 4) is 17.1 Å². The third kappa shape index (κ3) is 4.82. The molecule has 0 saturated carbocycles. The lowest BCUT2D eigenvalue weighted by Gasteiger charge is -2.15. The van der Waals surface area contributed by atoms with E-state index in [1.807, 2.05) is 30.3 Å². The minimum Gasteiger partial charge on any atom is -0.497 e. The maximum atomic E-state index is 14.2. The standard InChI is InChI=1S/C21H21BrFN3O2S/c1-27-17-8-5-14(6-9-17)20-24-25-21(26(20)12-18-3-2-10-28-18)29-13-15-4-7-16(22)11-19(15)23/h4-9,11,18H,2-3,10,12-13H2,1H3. The number of ether oxygens (including phenoxy) is 2. The second-order valence-corrected chi connectivity index (χ2v) is 8.66. The Morgan fingerprint density at radius 2 is 2.07 bits per heavy atom. The number of methoxy groups -OCH3 is 1. The van der Waals surface area contributed by atoms with Crippen molar-refractivity contribution < 1.29 is 13.9 Å². The van der Waals surface area contributed by atoms with Crippen LogP contribution in [-0.2, 0) is 17.0 Å². The number of rotatable bonds is 7. The first-order chi connectivity index (χ1) is 14.1. The van der Waals surface area contributed by atoms with Crippen LogP contribution in [0.2, 0.25) is 0 Å². The van der Waals surface area contributed by atoms with Crippen molar-refractivity contribution in [2.75, 3.05) is 13.7 Å². The van der Waals surface area contributed by atoms with Crippen molar-refractivity contribution in [2.45, 2.75) is 36.4 Å². The fourth-order valence-electron chi connectivity index (χ4n) is 3.29. The van der Waals surface area contributed by atoms with E-state index >= 15 is 0 Å². The first kappa shape index (κ1) is 20.4. The molecule has 0 aliphatic carbocycles. The lowest BCUT2D eigenvalue weighted by atomic mass is 10.2. The monoisotopic (exact) mass is 477 g/mol. The third-order valence-corrected chi connectivity index (χ3v) is 6.36. The zero-order valence-corrected chi connectivity index (χ0v) is 18.4. The van der Waals surface area contributed by atoms with Crippen molar-refractivity contribution in [1.29, 1.82) is 0 Å². The van der Waals surface area contributed by atoms with Gasteiger partial charge in [-0.1, -0.05) is 33.8 Å². The predicted octanol–water partition coefficient (Wildman–Crippen LogP) is 5.33. The van der Waals surface area contributed by atoms with Crippen molar-refractivity contribution in [3.63, 3.8) is 0 Å². The number of hydrogen-bond donors (Lipinski definition) is 0. The zero-order valence-electron chi connectivity index (χ0n) is 16.0. The van der Waals surface area contributed by atoms with Crippen LogP contribution in [0.15, 0.2) is 52.1 Å². The van der Waals surface area contributed by atoms with Crippen LogP contribution >= 0.6 is 27.7 Å². The Morgan fingerprint density at radius 3 is 2.76 bits per heavy atom. The zero-order chi connectivity index (χ0) is 20.2. The van der Waals surface area contributed by atoms with Crippen LogP contribution in [0.4, 0.5) is 4.39 Å². The summed E-state index contributed by atoms with van der Waals surface area (Å²) in [5.74, 6) is 1.82. The first-order valence-corrected chi connectivity index (χ1v) is 11.2. The van der Waals surface area contributed by atoms with Gasteiger partial charge >= 0.3 is 0 Å². The van der Waals surface area contributed by atoms with Gasteiger partial charge in [-0.3, -0.25) is 4.57 Å². The molecule has 2 heterocycles. The number of nitrogens with zero attached hydrogens (tertiary/aromatic N) is 3. The topological polar surface area (TPSA) is 49.2 Å². The molecular formula is C21H21BrFN3O2S. The minimum atomic E-state index is -0.229. The van der Waals surface area contributed by atoms with E-state index in [1.54, 1.807) is 13.2 Å². The SMILES string of the molecule is COc1ccc(-c2nnc(SCc3ccc(Br)cc3F)n2CC2CCCO2)cc1. The lowest BCUT2D eigenvalue weighted by molar-refractivity contribution is 0.0953. The summed E-state index contributed by atoms with van der Waals surface area (Å²) in [6, 6.07) is 12.9. The van der Waals surface area contributed by atoms with Gasteiger partial charge in [-0.25, -0.2) is 4.39 Å². The molecule has 1 fully saturated rings. The summed E-state index contributed by atoms with van der Waals surface area (Å²) in [6.07, 6.45) is 2.23. The van der Waals surface area contributed by atoms with E-state index < -0.39 is 0 Å². The summed E-state index contributed by atoms with van der Waals surface area (Å²) in [7, 11) is 1.64. The van der Waals surface area contributed by atoms with Crippen LogP contribution in [0.5, 0.6) is 5.75 Å². The van der Waals surface area contributed by atoms with E-state index in [-0.39, 0.29) is 11.9 Å². The quantitative estimate of drug-likeness (QED) is 0.430. The largest absolute Gasteiger partial charge is 0.497 e. The van der Waals surface area contributed by atoms with Crippen LogP contribution in [0.25, 0.3) is 11.4 Å². The Balaban J connectivity index is 1.60. The molecule has 2 aromatic carbocycles. The summed E-state index contributed by atoms with van der Waals surface area (Å²) >= 11 is 4.78. The van der Waals surface area contributed by atoms with Gasteiger partial charge in [0, 0.05) is 22.4 Å². The molecular weight excluding hydrogens is 457 g/mol. The van der Waals surface area contributed by atoms with Gasteiger partial charge in [0.05, 0.1) is 19.8 Å². The molecule has 29 heavy (non-hydrogen) atoms. The van der Waals surface area contributed by atoms with Crippen molar-refractivity contribution >= 4 is 27.7 Å². The van der Waals surface area contributed by atoms with E-state index in [0.29, 0.717) is 17.9 Å². The molecule has 0 bridgehead atoms. The van der Waals surface area contributed by atoms with E-state index in [0.717, 1.165) is 46.2 Å². The van der Waals surface area contributed by atoms with Crippen LogP contribution in [-0.4, -0.2) is 34.6 Å². The number of thioether (sulfide) groups is 1. The molecule has 0 radical (unpaired) electrons. The van der Waals surface area contributed by atoms with Gasteiger partial charge in [0.1, 0.15) is 11.6 Å². The molecule has 1 aliphatic heterocycles. The van der Waals surface area contributed by atoms with Crippen molar-refractivity contribution in [3.05, 3.63) is 58.3 Å². The predicted molar refractivity (Wildman–Crippen MR) is 115 cm³/mol. The third-order valence-electron chi connectivity index (χ3n) is 4.85. The summed E-state index contributed by atoms with van der Waals surface area (Å²) in [5.41, 5.74) is 1.59. The van der Waals surface area contributed by atoms with Crippen LogP contribution < -0.4 is 4.74 Å².